The summed E-state index contributed by atoms with van der Waals surface area (Å²) in [4.78, 5) is 12.4. The molecule has 0 aromatic rings. The summed E-state index contributed by atoms with van der Waals surface area (Å²) in [6.45, 7) is 1.45. The van der Waals surface area contributed by atoms with Crippen molar-refractivity contribution in [3.8, 4) is 0 Å². The lowest BCUT2D eigenvalue weighted by molar-refractivity contribution is -0.180. The monoisotopic (exact) mass is 279 g/mol. The maximum Gasteiger partial charge on any atom is 0.223 e. The van der Waals surface area contributed by atoms with Crippen LogP contribution in [-0.4, -0.2) is 30.9 Å². The molecule has 4 rings (SSSR count). The van der Waals surface area contributed by atoms with Crippen LogP contribution in [0.3, 0.4) is 0 Å². The molecule has 0 aromatic carbocycles. The molecule has 20 heavy (non-hydrogen) atoms. The summed E-state index contributed by atoms with van der Waals surface area (Å²) < 4.78 is 11.5. The van der Waals surface area contributed by atoms with Crippen molar-refractivity contribution in [3.63, 3.8) is 0 Å². The van der Waals surface area contributed by atoms with Gasteiger partial charge in [-0.2, -0.15) is 0 Å². The van der Waals surface area contributed by atoms with Crippen LogP contribution in [0.25, 0.3) is 0 Å². The third-order valence-electron chi connectivity index (χ3n) is 5.87. The molecule has 1 aliphatic heterocycles. The van der Waals surface area contributed by atoms with Crippen molar-refractivity contribution >= 4 is 5.91 Å². The van der Waals surface area contributed by atoms with E-state index in [1.54, 1.807) is 0 Å². The molecule has 3 aliphatic carbocycles. The quantitative estimate of drug-likeness (QED) is 0.843. The minimum Gasteiger partial charge on any atom is -0.353 e. The Morgan fingerprint density at radius 2 is 1.55 bits per heavy atom. The van der Waals surface area contributed by atoms with E-state index in [0.717, 1.165) is 38.9 Å². The van der Waals surface area contributed by atoms with Gasteiger partial charge in [0.15, 0.2) is 5.79 Å². The number of fused-ring (bicyclic) bond motifs is 1. The van der Waals surface area contributed by atoms with Gasteiger partial charge in [-0.1, -0.05) is 12.8 Å². The third kappa shape index (κ3) is 2.27. The molecule has 1 heterocycles. The second kappa shape index (κ2) is 4.99. The van der Waals surface area contributed by atoms with E-state index in [9.17, 15) is 4.79 Å². The second-order valence-corrected chi connectivity index (χ2v) is 7.03. The molecule has 4 heteroatoms. The molecule has 2 unspecified atom stereocenters. The first-order chi connectivity index (χ1) is 9.77. The van der Waals surface area contributed by atoms with Gasteiger partial charge < -0.3 is 14.8 Å². The number of hydrogen-bond donors (Lipinski definition) is 1. The molecule has 1 amide bonds. The van der Waals surface area contributed by atoms with Gasteiger partial charge in [-0.25, -0.2) is 0 Å². The average molecular weight is 279 g/mol. The SMILES string of the molecule is O=C(NC1CCC2(CC1)OCCO2)C1C2CCCCC21. The summed E-state index contributed by atoms with van der Waals surface area (Å²) in [5.74, 6) is 1.78. The lowest BCUT2D eigenvalue weighted by atomic mass is 9.90. The summed E-state index contributed by atoms with van der Waals surface area (Å²) in [5, 5.41) is 3.29. The maximum absolute atomic E-state index is 12.4. The Morgan fingerprint density at radius 3 is 2.15 bits per heavy atom. The first-order valence-electron chi connectivity index (χ1n) is 8.36. The normalized spacial score (nSPS) is 39.5. The van der Waals surface area contributed by atoms with Gasteiger partial charge in [-0.15, -0.1) is 0 Å². The fraction of sp³-hybridized carbons (Fsp3) is 0.938. The minimum absolute atomic E-state index is 0.311. The van der Waals surface area contributed by atoms with Crippen LogP contribution < -0.4 is 5.32 Å². The van der Waals surface area contributed by atoms with Gasteiger partial charge in [-0.3, -0.25) is 4.79 Å². The van der Waals surface area contributed by atoms with Gasteiger partial charge in [0, 0.05) is 24.8 Å². The first-order valence-corrected chi connectivity index (χ1v) is 8.36. The zero-order valence-electron chi connectivity index (χ0n) is 12.1. The molecule has 1 N–H and O–H groups in total. The Labute approximate surface area is 120 Å². The van der Waals surface area contributed by atoms with Crippen LogP contribution in [0.5, 0.6) is 0 Å². The Kier molecular flexibility index (Phi) is 3.26. The zero-order valence-corrected chi connectivity index (χ0v) is 12.1. The Bertz CT molecular complexity index is 369. The maximum atomic E-state index is 12.4. The van der Waals surface area contributed by atoms with Crippen molar-refractivity contribution < 1.29 is 14.3 Å². The zero-order chi connectivity index (χ0) is 13.6. The molecule has 0 bridgehead atoms. The Hall–Kier alpha value is -0.610. The number of carbonyl (C=O) groups is 1. The lowest BCUT2D eigenvalue weighted by Gasteiger charge is -2.35. The highest BCUT2D eigenvalue weighted by Crippen LogP contribution is 2.55. The Morgan fingerprint density at radius 1 is 0.950 bits per heavy atom. The van der Waals surface area contributed by atoms with E-state index in [1.807, 2.05) is 0 Å². The van der Waals surface area contributed by atoms with Gasteiger partial charge in [0.05, 0.1) is 13.2 Å². The molecule has 4 aliphatic rings. The van der Waals surface area contributed by atoms with Gasteiger partial charge in [-0.05, 0) is 37.5 Å². The van der Waals surface area contributed by atoms with Crippen molar-refractivity contribution in [1.29, 1.82) is 0 Å². The average Bonchev–Trinajstić information content (AvgIpc) is 3.05. The minimum atomic E-state index is -0.311. The van der Waals surface area contributed by atoms with Crippen LogP contribution >= 0.6 is 0 Å². The van der Waals surface area contributed by atoms with Crippen molar-refractivity contribution in [2.75, 3.05) is 13.2 Å². The number of rotatable bonds is 2. The predicted molar refractivity (Wildman–Crippen MR) is 74.0 cm³/mol. The molecule has 1 saturated heterocycles. The van der Waals surface area contributed by atoms with E-state index in [1.165, 1.54) is 25.7 Å². The standard InChI is InChI=1S/C16H25NO3/c18-15(14-12-3-1-2-4-13(12)14)17-11-5-7-16(8-6-11)19-9-10-20-16/h11-14H,1-10H2,(H,17,18). The molecule has 0 aromatic heterocycles. The van der Waals surface area contributed by atoms with E-state index >= 15 is 0 Å². The first kappa shape index (κ1) is 13.1. The predicted octanol–water partition coefficient (Wildman–Crippen LogP) is 2.22. The van der Waals surface area contributed by atoms with E-state index in [-0.39, 0.29) is 5.79 Å². The molecular formula is C16H25NO3. The molecule has 4 fully saturated rings. The molecule has 4 nitrogen and oxygen atoms in total. The Balaban J connectivity index is 1.27. The van der Waals surface area contributed by atoms with Crippen LogP contribution in [0.1, 0.15) is 51.4 Å². The van der Waals surface area contributed by atoms with Crippen molar-refractivity contribution in [3.05, 3.63) is 0 Å². The summed E-state index contributed by atoms with van der Waals surface area (Å²) in [7, 11) is 0. The topological polar surface area (TPSA) is 47.6 Å². The number of ether oxygens (including phenoxy) is 2. The van der Waals surface area contributed by atoms with Crippen molar-refractivity contribution in [2.45, 2.75) is 63.2 Å². The molecule has 3 saturated carbocycles. The van der Waals surface area contributed by atoms with Crippen LogP contribution in [-0.2, 0) is 14.3 Å². The van der Waals surface area contributed by atoms with Gasteiger partial charge in [0.1, 0.15) is 0 Å². The number of nitrogens with one attached hydrogen (secondary N) is 1. The molecule has 2 atom stereocenters. The van der Waals surface area contributed by atoms with Gasteiger partial charge in [0.2, 0.25) is 5.91 Å². The molecule has 1 spiro atoms. The van der Waals surface area contributed by atoms with Crippen LogP contribution in [0.2, 0.25) is 0 Å². The molecular weight excluding hydrogens is 254 g/mol. The third-order valence-corrected chi connectivity index (χ3v) is 5.87. The van der Waals surface area contributed by atoms with E-state index in [0.29, 0.717) is 29.7 Å². The molecule has 0 radical (unpaired) electrons. The summed E-state index contributed by atoms with van der Waals surface area (Å²) in [6.07, 6.45) is 9.04. The van der Waals surface area contributed by atoms with E-state index in [2.05, 4.69) is 5.32 Å². The highest BCUT2D eigenvalue weighted by molar-refractivity contribution is 5.82. The summed E-state index contributed by atoms with van der Waals surface area (Å²) >= 11 is 0. The van der Waals surface area contributed by atoms with Crippen LogP contribution in [0.4, 0.5) is 0 Å². The van der Waals surface area contributed by atoms with E-state index in [4.69, 9.17) is 9.47 Å². The van der Waals surface area contributed by atoms with Gasteiger partial charge in [0.25, 0.3) is 0 Å². The van der Waals surface area contributed by atoms with E-state index < -0.39 is 0 Å². The number of amides is 1. The fourth-order valence-electron chi connectivity index (χ4n) is 4.67. The highest BCUT2D eigenvalue weighted by atomic mass is 16.7. The number of carbonyl (C=O) groups excluding carboxylic acids is 1. The summed E-state index contributed by atoms with van der Waals surface area (Å²) in [6, 6.07) is 0.337. The van der Waals surface area contributed by atoms with Crippen molar-refractivity contribution in [2.24, 2.45) is 17.8 Å². The fourth-order valence-corrected chi connectivity index (χ4v) is 4.67. The highest BCUT2D eigenvalue weighted by Gasteiger charge is 2.55. The number of hydrogen-bond acceptors (Lipinski definition) is 3. The van der Waals surface area contributed by atoms with Crippen molar-refractivity contribution in [1.82, 2.24) is 5.32 Å². The van der Waals surface area contributed by atoms with Gasteiger partial charge >= 0.3 is 0 Å². The molecule has 112 valence electrons. The lowest BCUT2D eigenvalue weighted by Crippen LogP contribution is -2.44. The largest absolute Gasteiger partial charge is 0.353 e. The van der Waals surface area contributed by atoms with Crippen LogP contribution in [0, 0.1) is 17.8 Å². The van der Waals surface area contributed by atoms with Crippen LogP contribution in [0.15, 0.2) is 0 Å². The summed E-state index contributed by atoms with van der Waals surface area (Å²) in [5.41, 5.74) is 0. The second-order valence-electron chi connectivity index (χ2n) is 7.03. The smallest absolute Gasteiger partial charge is 0.223 e.